The van der Waals surface area contributed by atoms with Crippen LogP contribution >= 0.6 is 11.6 Å². The van der Waals surface area contributed by atoms with E-state index in [0.29, 0.717) is 23.0 Å². The van der Waals surface area contributed by atoms with Gasteiger partial charge in [0.1, 0.15) is 0 Å². The van der Waals surface area contributed by atoms with E-state index in [0.717, 1.165) is 11.2 Å². The van der Waals surface area contributed by atoms with Gasteiger partial charge in [-0.05, 0) is 24.3 Å². The molecule has 3 rings (SSSR count). The molecule has 0 fully saturated rings. The molecule has 2 aromatic carbocycles. The monoisotopic (exact) mass is 392 g/mol. The number of hydrogen-bond donors (Lipinski definition) is 1. The number of para-hydroxylation sites is 1. The fraction of sp³-hybridized carbons (Fsp3) is 0.167. The van der Waals surface area contributed by atoms with Crippen molar-refractivity contribution >= 4 is 44.6 Å². The van der Waals surface area contributed by atoms with E-state index in [1.165, 1.54) is 0 Å². The van der Waals surface area contributed by atoms with Gasteiger partial charge in [-0.3, -0.25) is 0 Å². The number of oxazole rings is 1. The summed E-state index contributed by atoms with van der Waals surface area (Å²) in [5.41, 5.74) is 2.28. The summed E-state index contributed by atoms with van der Waals surface area (Å²) >= 11 is 6.06. The summed E-state index contributed by atoms with van der Waals surface area (Å²) in [5.74, 6) is 0.0903. The summed E-state index contributed by atoms with van der Waals surface area (Å²) in [4.78, 5) is 0. The molecule has 1 N–H and O–H groups in total. The number of nitrogens with zero attached hydrogens (tertiary/aromatic N) is 1. The van der Waals surface area contributed by atoms with Crippen molar-refractivity contribution in [1.29, 1.82) is 0 Å². The van der Waals surface area contributed by atoms with E-state index in [-0.39, 0.29) is 6.42 Å². The number of benzene rings is 2. The summed E-state index contributed by atoms with van der Waals surface area (Å²) in [6.45, 7) is 0.319. The summed E-state index contributed by atoms with van der Waals surface area (Å²) in [7, 11) is -4.25. The van der Waals surface area contributed by atoms with E-state index in [4.69, 9.17) is 16.0 Å². The number of nitrogens with one attached hydrogen (secondary N) is 1. The van der Waals surface area contributed by atoms with Crippen LogP contribution in [0.25, 0.3) is 17.2 Å². The highest BCUT2D eigenvalue weighted by atomic mass is 35.5. The standard InChI is InChI=1S/C18H17ClN2O4S/c19-14-7-8-17-16(13-14)21(11-4-12-26(22,23)24)18(25-17)9-10-20-15-5-2-1-3-6-15/h1-3,5-10,13H,4,11-12H2,(H,22,23,24). The normalized spacial score (nSPS) is 12.1. The Morgan fingerprint density at radius 2 is 1.96 bits per heavy atom. The number of rotatable bonds is 7. The van der Waals surface area contributed by atoms with Gasteiger partial charge in [-0.25, -0.2) is 8.42 Å². The Morgan fingerprint density at radius 1 is 1.19 bits per heavy atom. The van der Waals surface area contributed by atoms with E-state index in [1.807, 2.05) is 30.3 Å². The minimum absolute atomic E-state index is 0.185. The number of anilines is 1. The van der Waals surface area contributed by atoms with Crippen molar-refractivity contribution in [2.24, 2.45) is 0 Å². The Balaban J connectivity index is 1.86. The van der Waals surface area contributed by atoms with Crippen molar-refractivity contribution in [2.45, 2.75) is 13.0 Å². The lowest BCUT2D eigenvalue weighted by Gasteiger charge is -2.03. The van der Waals surface area contributed by atoms with E-state index < -0.39 is 15.9 Å². The molecule has 136 valence electrons. The van der Waals surface area contributed by atoms with Crippen LogP contribution in [-0.4, -0.2) is 18.7 Å². The van der Waals surface area contributed by atoms with Crippen LogP contribution in [0.3, 0.4) is 0 Å². The maximum absolute atomic E-state index is 10.9. The van der Waals surface area contributed by atoms with Crippen molar-refractivity contribution < 1.29 is 22.0 Å². The minimum Gasteiger partial charge on any atom is -0.748 e. The third kappa shape index (κ3) is 4.85. The molecule has 0 saturated heterocycles. The third-order valence-electron chi connectivity index (χ3n) is 3.72. The zero-order valence-corrected chi connectivity index (χ0v) is 15.3. The first-order valence-electron chi connectivity index (χ1n) is 7.96. The highest BCUT2D eigenvalue weighted by Crippen LogP contribution is 2.20. The molecular weight excluding hydrogens is 376 g/mol. The smallest absolute Gasteiger partial charge is 0.375 e. The van der Waals surface area contributed by atoms with E-state index in [1.54, 1.807) is 35.0 Å². The Bertz CT molecular complexity index is 1030. The highest BCUT2D eigenvalue weighted by molar-refractivity contribution is 7.85. The van der Waals surface area contributed by atoms with Gasteiger partial charge in [0.05, 0.1) is 16.2 Å². The molecule has 0 saturated carbocycles. The minimum atomic E-state index is -4.25. The fourth-order valence-corrected chi connectivity index (χ4v) is 3.22. The van der Waals surface area contributed by atoms with Crippen LogP contribution in [0.4, 0.5) is 5.69 Å². The molecule has 26 heavy (non-hydrogen) atoms. The lowest BCUT2D eigenvalue weighted by atomic mass is 10.3. The molecule has 8 heteroatoms. The van der Waals surface area contributed by atoms with Crippen LogP contribution < -0.4 is 9.88 Å². The first-order chi connectivity index (χ1) is 12.4. The van der Waals surface area contributed by atoms with Gasteiger partial charge in [0.15, 0.2) is 6.54 Å². The van der Waals surface area contributed by atoms with E-state index >= 15 is 0 Å². The zero-order chi connectivity index (χ0) is 18.6. The Kier molecular flexibility index (Phi) is 5.61. The molecule has 0 aliphatic heterocycles. The lowest BCUT2D eigenvalue weighted by molar-refractivity contribution is -0.677. The second-order valence-corrected chi connectivity index (χ2v) is 7.62. The van der Waals surface area contributed by atoms with Crippen LogP contribution in [0.15, 0.2) is 59.1 Å². The summed E-state index contributed by atoms with van der Waals surface area (Å²) in [6, 6.07) is 14.8. The Labute approximate surface area is 156 Å². The molecular formula is C18H17ClN2O4S. The summed E-state index contributed by atoms with van der Waals surface area (Å²) < 4.78 is 40.2. The summed E-state index contributed by atoms with van der Waals surface area (Å²) in [6.07, 6.45) is 3.66. The number of halogens is 1. The Morgan fingerprint density at radius 3 is 2.69 bits per heavy atom. The van der Waals surface area contributed by atoms with Gasteiger partial charge in [-0.15, -0.1) is 0 Å². The third-order valence-corrected chi connectivity index (χ3v) is 4.74. The first kappa shape index (κ1) is 18.4. The van der Waals surface area contributed by atoms with Crippen LogP contribution in [0.1, 0.15) is 12.3 Å². The van der Waals surface area contributed by atoms with E-state index in [9.17, 15) is 13.0 Å². The van der Waals surface area contributed by atoms with Gasteiger partial charge in [0.2, 0.25) is 5.58 Å². The zero-order valence-electron chi connectivity index (χ0n) is 13.8. The number of fused-ring (bicyclic) bond motifs is 1. The number of aryl methyl sites for hydroxylation is 1. The van der Waals surface area contributed by atoms with Gasteiger partial charge < -0.3 is 14.3 Å². The predicted molar refractivity (Wildman–Crippen MR) is 99.7 cm³/mol. The second kappa shape index (κ2) is 7.90. The molecule has 1 aromatic heterocycles. The van der Waals surface area contributed by atoms with Gasteiger partial charge in [-0.1, -0.05) is 29.8 Å². The molecule has 0 aliphatic rings. The predicted octanol–water partition coefficient (Wildman–Crippen LogP) is 3.39. The fourth-order valence-electron chi connectivity index (χ4n) is 2.57. The molecule has 0 aliphatic carbocycles. The maximum atomic E-state index is 10.9. The largest absolute Gasteiger partial charge is 0.748 e. The molecule has 0 unspecified atom stereocenters. The molecule has 1 heterocycles. The van der Waals surface area contributed by atoms with E-state index in [2.05, 4.69) is 5.32 Å². The van der Waals surface area contributed by atoms with Crippen molar-refractivity contribution in [3.05, 3.63) is 65.6 Å². The Hall–Kier alpha value is -2.35. The highest BCUT2D eigenvalue weighted by Gasteiger charge is 2.21. The van der Waals surface area contributed by atoms with Crippen molar-refractivity contribution in [3.63, 3.8) is 0 Å². The quantitative estimate of drug-likeness (QED) is 0.492. The molecule has 0 radical (unpaired) electrons. The number of aromatic nitrogens is 1. The molecule has 0 spiro atoms. The van der Waals surface area contributed by atoms with Crippen LogP contribution in [0.2, 0.25) is 5.02 Å². The van der Waals surface area contributed by atoms with Crippen molar-refractivity contribution in [2.75, 3.05) is 11.1 Å². The summed E-state index contributed by atoms with van der Waals surface area (Å²) in [5, 5.41) is 3.67. The molecule has 0 amide bonds. The van der Waals surface area contributed by atoms with Crippen LogP contribution in [-0.2, 0) is 16.7 Å². The SMILES string of the molecule is O=S(=O)([O-])CCC[n+]1c(/C=C/Nc2ccccc2)oc2ccc(Cl)cc21. The second-order valence-electron chi connectivity index (χ2n) is 5.66. The van der Waals surface area contributed by atoms with Gasteiger partial charge in [0, 0.05) is 35.2 Å². The van der Waals surface area contributed by atoms with Gasteiger partial charge in [0.25, 0.3) is 5.52 Å². The van der Waals surface area contributed by atoms with Crippen molar-refractivity contribution in [3.8, 4) is 0 Å². The molecule has 0 atom stereocenters. The average Bonchev–Trinajstić information content (AvgIpc) is 2.92. The number of hydrogen-bond acceptors (Lipinski definition) is 5. The maximum Gasteiger partial charge on any atom is 0.375 e. The first-order valence-corrected chi connectivity index (χ1v) is 9.91. The van der Waals surface area contributed by atoms with Crippen molar-refractivity contribution in [1.82, 2.24) is 0 Å². The van der Waals surface area contributed by atoms with Crippen LogP contribution in [0, 0.1) is 0 Å². The average molecular weight is 393 g/mol. The lowest BCUT2D eigenvalue weighted by Crippen LogP contribution is -2.36. The van der Waals surface area contributed by atoms with Gasteiger partial charge >= 0.3 is 5.89 Å². The molecule has 0 bridgehead atoms. The topological polar surface area (TPSA) is 86.2 Å². The molecule has 3 aromatic rings. The van der Waals surface area contributed by atoms with Gasteiger partial charge in [-0.2, -0.15) is 4.57 Å². The molecule has 6 nitrogen and oxygen atoms in total. The van der Waals surface area contributed by atoms with Crippen LogP contribution in [0.5, 0.6) is 0 Å².